The predicted molar refractivity (Wildman–Crippen MR) is 233 cm³/mol. The smallest absolute Gasteiger partial charge is 0.143 e. The lowest BCUT2D eigenvalue weighted by molar-refractivity contribution is 0.304. The Balaban J connectivity index is 1.02. The van der Waals surface area contributed by atoms with E-state index < -0.39 is 0 Å². The summed E-state index contributed by atoms with van der Waals surface area (Å²) >= 11 is 0. The van der Waals surface area contributed by atoms with Gasteiger partial charge in [-0.25, -0.2) is 0 Å². The number of ether oxygens (including phenoxy) is 6. The van der Waals surface area contributed by atoms with Gasteiger partial charge in [0, 0.05) is 34.1 Å². The van der Waals surface area contributed by atoms with Gasteiger partial charge in [-0.1, -0.05) is 24.3 Å². The second kappa shape index (κ2) is 18.9. The van der Waals surface area contributed by atoms with Crippen LogP contribution in [-0.4, -0.2) is 28.4 Å². The SMILES string of the molecule is COc1ccc(Nc2ccc(OCc3ccc(COc4ccc(Nc5ccc(OC)cc5)cc4Nc4ccc(OC)cc4)cc3)c(Nc3ccc(OC)cc3)c2)cc1. The number of benzene rings is 7. The fourth-order valence-electron chi connectivity index (χ4n) is 6.06. The van der Waals surface area contributed by atoms with Crippen molar-refractivity contribution >= 4 is 45.5 Å². The minimum Gasteiger partial charge on any atom is -0.497 e. The molecule has 7 aromatic rings. The average Bonchev–Trinajstić information content (AvgIpc) is 3.27. The number of nitrogens with one attached hydrogen (secondary N) is 4. The molecular formula is C48H46N4O6. The van der Waals surface area contributed by atoms with Crippen LogP contribution in [-0.2, 0) is 13.2 Å². The van der Waals surface area contributed by atoms with Gasteiger partial charge in [-0.15, -0.1) is 0 Å². The largest absolute Gasteiger partial charge is 0.497 e. The first kappa shape index (κ1) is 38.8. The number of rotatable bonds is 18. The maximum atomic E-state index is 6.41. The van der Waals surface area contributed by atoms with Gasteiger partial charge in [0.2, 0.25) is 0 Å². The minimum atomic E-state index is 0.377. The van der Waals surface area contributed by atoms with Gasteiger partial charge in [0.05, 0.1) is 39.8 Å². The van der Waals surface area contributed by atoms with E-state index in [0.29, 0.717) is 24.7 Å². The van der Waals surface area contributed by atoms with E-state index in [-0.39, 0.29) is 0 Å². The Hall–Kier alpha value is -7.46. The molecule has 0 unspecified atom stereocenters. The standard InChI is InChI=1S/C48H46N4O6/c1-53-41-19-9-35(10-20-41)49-39-17-27-47(45(29-39)51-37-13-23-43(55-3)24-14-37)57-31-33-5-7-34(8-6-33)32-58-48-28-18-40(50-36-11-21-42(54-2)22-12-36)30-46(48)52-38-15-25-44(56-4)26-16-38/h5-30,49-52H,31-32H2,1-4H3. The Morgan fingerprint density at radius 1 is 0.310 bits per heavy atom. The first-order valence-electron chi connectivity index (χ1n) is 18.7. The van der Waals surface area contributed by atoms with Crippen LogP contribution in [0.5, 0.6) is 34.5 Å². The first-order valence-corrected chi connectivity index (χ1v) is 18.7. The third kappa shape index (κ3) is 10.4. The fraction of sp³-hybridized carbons (Fsp3) is 0.125. The molecule has 7 aromatic carbocycles. The molecule has 0 heterocycles. The van der Waals surface area contributed by atoms with E-state index in [2.05, 4.69) is 45.5 Å². The molecular weight excluding hydrogens is 729 g/mol. The van der Waals surface area contributed by atoms with Crippen LogP contribution in [0, 0.1) is 0 Å². The van der Waals surface area contributed by atoms with Gasteiger partial charge in [0.25, 0.3) is 0 Å². The first-order chi connectivity index (χ1) is 28.5. The van der Waals surface area contributed by atoms with Crippen molar-refractivity contribution in [3.05, 3.63) is 169 Å². The molecule has 0 saturated carbocycles. The van der Waals surface area contributed by atoms with E-state index in [1.165, 1.54) is 0 Å². The van der Waals surface area contributed by atoms with E-state index >= 15 is 0 Å². The topological polar surface area (TPSA) is 104 Å². The molecule has 0 saturated heterocycles. The van der Waals surface area contributed by atoms with Crippen molar-refractivity contribution in [1.82, 2.24) is 0 Å². The molecule has 0 aliphatic heterocycles. The molecule has 7 rings (SSSR count). The van der Waals surface area contributed by atoms with Crippen LogP contribution in [0.4, 0.5) is 45.5 Å². The molecule has 0 aliphatic carbocycles. The summed E-state index contributed by atoms with van der Waals surface area (Å²) in [6, 6.07) is 51.4. The van der Waals surface area contributed by atoms with E-state index in [0.717, 1.165) is 79.6 Å². The lowest BCUT2D eigenvalue weighted by Crippen LogP contribution is -2.02. The van der Waals surface area contributed by atoms with Crippen LogP contribution in [0.25, 0.3) is 0 Å². The summed E-state index contributed by atoms with van der Waals surface area (Å²) in [5.74, 6) is 4.59. The normalized spacial score (nSPS) is 10.6. The third-order valence-electron chi connectivity index (χ3n) is 9.27. The zero-order valence-corrected chi connectivity index (χ0v) is 32.9. The van der Waals surface area contributed by atoms with E-state index in [1.54, 1.807) is 28.4 Å². The highest BCUT2D eigenvalue weighted by Gasteiger charge is 2.11. The molecule has 4 N–H and O–H groups in total. The molecule has 58 heavy (non-hydrogen) atoms. The molecule has 0 fully saturated rings. The maximum absolute atomic E-state index is 6.41. The molecule has 0 aromatic heterocycles. The summed E-state index contributed by atoms with van der Waals surface area (Å²) in [5.41, 5.74) is 9.19. The summed E-state index contributed by atoms with van der Waals surface area (Å²) in [7, 11) is 6.63. The van der Waals surface area contributed by atoms with E-state index in [1.807, 2.05) is 133 Å². The van der Waals surface area contributed by atoms with Gasteiger partial charge in [-0.3, -0.25) is 0 Å². The Kier molecular flexibility index (Phi) is 12.7. The molecule has 0 bridgehead atoms. The molecule has 10 nitrogen and oxygen atoms in total. The van der Waals surface area contributed by atoms with Gasteiger partial charge in [-0.05, 0) is 145 Å². The van der Waals surface area contributed by atoms with Crippen molar-refractivity contribution in [3.63, 3.8) is 0 Å². The van der Waals surface area contributed by atoms with Crippen LogP contribution >= 0.6 is 0 Å². The van der Waals surface area contributed by atoms with E-state index in [9.17, 15) is 0 Å². The zero-order chi connectivity index (χ0) is 40.1. The lowest BCUT2D eigenvalue weighted by atomic mass is 10.1. The molecule has 0 atom stereocenters. The van der Waals surface area contributed by atoms with E-state index in [4.69, 9.17) is 28.4 Å². The zero-order valence-electron chi connectivity index (χ0n) is 32.9. The van der Waals surface area contributed by atoms with Crippen molar-refractivity contribution in [2.45, 2.75) is 13.2 Å². The van der Waals surface area contributed by atoms with Gasteiger partial charge >= 0.3 is 0 Å². The maximum Gasteiger partial charge on any atom is 0.143 e. The summed E-state index contributed by atoms with van der Waals surface area (Å²) < 4.78 is 34.1. The Labute approximate surface area is 339 Å². The molecule has 294 valence electrons. The van der Waals surface area contributed by atoms with Crippen LogP contribution < -0.4 is 49.7 Å². The van der Waals surface area contributed by atoms with Crippen LogP contribution in [0.1, 0.15) is 11.1 Å². The highest BCUT2D eigenvalue weighted by molar-refractivity contribution is 5.75. The van der Waals surface area contributed by atoms with Gasteiger partial charge in [-0.2, -0.15) is 0 Å². The molecule has 0 aliphatic rings. The van der Waals surface area contributed by atoms with Crippen LogP contribution in [0.3, 0.4) is 0 Å². The van der Waals surface area contributed by atoms with Gasteiger partial charge < -0.3 is 49.7 Å². The van der Waals surface area contributed by atoms with Crippen molar-refractivity contribution in [2.24, 2.45) is 0 Å². The Bertz CT molecular complexity index is 2200. The minimum absolute atomic E-state index is 0.377. The monoisotopic (exact) mass is 774 g/mol. The lowest BCUT2D eigenvalue weighted by Gasteiger charge is -2.17. The highest BCUT2D eigenvalue weighted by Crippen LogP contribution is 2.35. The molecule has 10 heteroatoms. The Morgan fingerprint density at radius 2 is 0.586 bits per heavy atom. The van der Waals surface area contributed by atoms with Gasteiger partial charge in [0.15, 0.2) is 0 Å². The van der Waals surface area contributed by atoms with Crippen molar-refractivity contribution in [3.8, 4) is 34.5 Å². The summed E-state index contributed by atoms with van der Waals surface area (Å²) in [6.07, 6.45) is 0. The molecule has 0 radical (unpaired) electrons. The number of hydrogen-bond acceptors (Lipinski definition) is 10. The number of anilines is 8. The second-order valence-corrected chi connectivity index (χ2v) is 13.2. The number of hydrogen-bond donors (Lipinski definition) is 4. The summed E-state index contributed by atoms with van der Waals surface area (Å²) in [4.78, 5) is 0. The second-order valence-electron chi connectivity index (χ2n) is 13.2. The summed E-state index contributed by atoms with van der Waals surface area (Å²) in [5, 5.41) is 14.0. The molecule has 0 amide bonds. The number of methoxy groups -OCH3 is 4. The Morgan fingerprint density at radius 3 is 0.879 bits per heavy atom. The van der Waals surface area contributed by atoms with Gasteiger partial charge in [0.1, 0.15) is 47.7 Å². The predicted octanol–water partition coefficient (Wildman–Crippen LogP) is 11.9. The average molecular weight is 775 g/mol. The van der Waals surface area contributed by atoms with Crippen LogP contribution in [0.15, 0.2) is 158 Å². The van der Waals surface area contributed by atoms with Crippen molar-refractivity contribution in [1.29, 1.82) is 0 Å². The van der Waals surface area contributed by atoms with Crippen molar-refractivity contribution in [2.75, 3.05) is 49.7 Å². The molecule has 0 spiro atoms. The quantitative estimate of drug-likeness (QED) is 0.0674. The van der Waals surface area contributed by atoms with Crippen molar-refractivity contribution < 1.29 is 28.4 Å². The highest BCUT2D eigenvalue weighted by atomic mass is 16.5. The third-order valence-corrected chi connectivity index (χ3v) is 9.27. The van der Waals surface area contributed by atoms with Crippen LogP contribution in [0.2, 0.25) is 0 Å². The fourth-order valence-corrected chi connectivity index (χ4v) is 6.06. The summed E-state index contributed by atoms with van der Waals surface area (Å²) in [6.45, 7) is 0.755.